The normalized spacial score (nSPS) is 10.9. The van der Waals surface area contributed by atoms with Gasteiger partial charge >= 0.3 is 0 Å². The van der Waals surface area contributed by atoms with Crippen molar-refractivity contribution in [1.82, 2.24) is 14.8 Å². The number of thiazole rings is 1. The first-order chi connectivity index (χ1) is 13.6. The molecule has 2 aromatic carbocycles. The SMILES string of the molecule is COc1ccc2nc(N(CCn3cccn3)C(=O)c3ccc(C)cc3)sc2c1. The average Bonchev–Trinajstić information content (AvgIpc) is 3.37. The van der Waals surface area contributed by atoms with Gasteiger partial charge in [-0.15, -0.1) is 0 Å². The Morgan fingerprint density at radius 1 is 1.21 bits per heavy atom. The molecule has 142 valence electrons. The molecule has 0 N–H and O–H groups in total. The standard InChI is InChI=1S/C21H20N4O2S/c1-15-4-6-16(7-5-15)20(26)25(13-12-24-11-3-10-22-24)21-23-18-9-8-17(27-2)14-19(18)28-21/h3-11,14H,12-13H2,1-2H3. The quantitative estimate of drug-likeness (QED) is 0.494. The Morgan fingerprint density at radius 3 is 2.75 bits per heavy atom. The van der Waals surface area contributed by atoms with Gasteiger partial charge in [0.2, 0.25) is 0 Å². The lowest BCUT2D eigenvalue weighted by molar-refractivity contribution is 0.0986. The average molecular weight is 392 g/mol. The van der Waals surface area contributed by atoms with Gasteiger partial charge < -0.3 is 4.74 Å². The van der Waals surface area contributed by atoms with Crippen LogP contribution in [0.15, 0.2) is 60.9 Å². The third kappa shape index (κ3) is 3.75. The molecule has 28 heavy (non-hydrogen) atoms. The second-order valence-electron chi connectivity index (χ2n) is 6.42. The van der Waals surface area contributed by atoms with Gasteiger partial charge in [0.1, 0.15) is 5.75 Å². The molecule has 0 bridgehead atoms. The van der Waals surface area contributed by atoms with E-state index in [2.05, 4.69) is 5.10 Å². The summed E-state index contributed by atoms with van der Waals surface area (Å²) >= 11 is 1.48. The zero-order valence-corrected chi connectivity index (χ0v) is 16.5. The van der Waals surface area contributed by atoms with Crippen molar-refractivity contribution in [3.8, 4) is 5.75 Å². The summed E-state index contributed by atoms with van der Waals surface area (Å²) in [5.74, 6) is 0.703. The van der Waals surface area contributed by atoms with E-state index in [1.54, 1.807) is 18.2 Å². The monoisotopic (exact) mass is 392 g/mol. The van der Waals surface area contributed by atoms with Crippen LogP contribution in [0.3, 0.4) is 0 Å². The Balaban J connectivity index is 1.69. The minimum Gasteiger partial charge on any atom is -0.497 e. The van der Waals surface area contributed by atoms with E-state index >= 15 is 0 Å². The molecule has 4 rings (SSSR count). The van der Waals surface area contributed by atoms with Crippen molar-refractivity contribution in [2.45, 2.75) is 13.5 Å². The largest absolute Gasteiger partial charge is 0.497 e. The zero-order valence-electron chi connectivity index (χ0n) is 15.7. The molecule has 0 aliphatic heterocycles. The van der Waals surface area contributed by atoms with E-state index in [1.807, 2.05) is 66.3 Å². The molecule has 0 fully saturated rings. The van der Waals surface area contributed by atoms with Gasteiger partial charge in [-0.1, -0.05) is 29.0 Å². The predicted molar refractivity (Wildman–Crippen MR) is 111 cm³/mol. The van der Waals surface area contributed by atoms with E-state index in [0.717, 1.165) is 21.5 Å². The van der Waals surface area contributed by atoms with E-state index < -0.39 is 0 Å². The minimum atomic E-state index is -0.0711. The molecule has 0 aliphatic rings. The number of aryl methyl sites for hydroxylation is 1. The Morgan fingerprint density at radius 2 is 2.04 bits per heavy atom. The molecule has 0 unspecified atom stereocenters. The summed E-state index contributed by atoms with van der Waals surface area (Å²) in [6.45, 7) is 3.07. The van der Waals surface area contributed by atoms with Crippen molar-refractivity contribution in [2.24, 2.45) is 0 Å². The summed E-state index contributed by atoms with van der Waals surface area (Å²) in [6.07, 6.45) is 3.62. The minimum absolute atomic E-state index is 0.0711. The maximum absolute atomic E-state index is 13.3. The van der Waals surface area contributed by atoms with Crippen LogP contribution in [0.2, 0.25) is 0 Å². The second-order valence-corrected chi connectivity index (χ2v) is 7.43. The van der Waals surface area contributed by atoms with Crippen LogP contribution >= 0.6 is 11.3 Å². The van der Waals surface area contributed by atoms with Gasteiger partial charge in [0.25, 0.3) is 5.91 Å². The number of aromatic nitrogens is 3. The first kappa shape index (κ1) is 18.2. The van der Waals surface area contributed by atoms with Crippen LogP contribution in [0.25, 0.3) is 10.2 Å². The predicted octanol–water partition coefficient (Wildman–Crippen LogP) is 4.16. The lowest BCUT2D eigenvalue weighted by Crippen LogP contribution is -2.34. The molecule has 0 radical (unpaired) electrons. The number of nitrogens with zero attached hydrogens (tertiary/aromatic N) is 4. The smallest absolute Gasteiger partial charge is 0.260 e. The lowest BCUT2D eigenvalue weighted by atomic mass is 10.1. The number of anilines is 1. The number of methoxy groups -OCH3 is 1. The topological polar surface area (TPSA) is 60.2 Å². The highest BCUT2D eigenvalue weighted by molar-refractivity contribution is 7.22. The fraction of sp³-hybridized carbons (Fsp3) is 0.190. The molecule has 0 saturated carbocycles. The van der Waals surface area contributed by atoms with Gasteiger partial charge in [-0.2, -0.15) is 5.10 Å². The van der Waals surface area contributed by atoms with E-state index in [-0.39, 0.29) is 5.91 Å². The number of hydrogen-bond donors (Lipinski definition) is 0. The van der Waals surface area contributed by atoms with E-state index in [1.165, 1.54) is 11.3 Å². The molecule has 2 heterocycles. The van der Waals surface area contributed by atoms with Gasteiger partial charge in [-0.3, -0.25) is 14.4 Å². The van der Waals surface area contributed by atoms with Crippen molar-refractivity contribution >= 4 is 32.6 Å². The van der Waals surface area contributed by atoms with Crippen LogP contribution in [-0.2, 0) is 6.54 Å². The Hall–Kier alpha value is -3.19. The Bertz CT molecular complexity index is 1090. The number of carbonyl (C=O) groups excluding carboxylic acids is 1. The van der Waals surface area contributed by atoms with Gasteiger partial charge in [0.05, 0.1) is 23.9 Å². The van der Waals surface area contributed by atoms with Crippen LogP contribution in [0.4, 0.5) is 5.13 Å². The van der Waals surface area contributed by atoms with Gasteiger partial charge in [0, 0.05) is 24.5 Å². The molecule has 0 atom stereocenters. The highest BCUT2D eigenvalue weighted by Gasteiger charge is 2.21. The molecule has 1 amide bonds. The van der Waals surface area contributed by atoms with Crippen molar-refractivity contribution in [2.75, 3.05) is 18.6 Å². The molecular weight excluding hydrogens is 372 g/mol. The van der Waals surface area contributed by atoms with Crippen LogP contribution in [0.1, 0.15) is 15.9 Å². The number of hydrogen-bond acceptors (Lipinski definition) is 5. The molecule has 0 spiro atoms. The number of amides is 1. The maximum atomic E-state index is 13.3. The third-order valence-corrected chi connectivity index (χ3v) is 5.51. The Kier molecular flexibility index (Phi) is 5.08. The van der Waals surface area contributed by atoms with Crippen LogP contribution < -0.4 is 9.64 Å². The number of ether oxygens (including phenoxy) is 1. The molecule has 7 heteroatoms. The Labute approximate surface area is 167 Å². The van der Waals surface area contributed by atoms with Crippen molar-refractivity contribution < 1.29 is 9.53 Å². The fourth-order valence-electron chi connectivity index (χ4n) is 2.91. The summed E-state index contributed by atoms with van der Waals surface area (Å²) in [6, 6.07) is 15.2. The molecule has 2 aromatic heterocycles. The highest BCUT2D eigenvalue weighted by Crippen LogP contribution is 2.32. The highest BCUT2D eigenvalue weighted by atomic mass is 32.1. The molecule has 4 aromatic rings. The number of carbonyl (C=O) groups is 1. The molecular formula is C21H20N4O2S. The van der Waals surface area contributed by atoms with Crippen LogP contribution in [0, 0.1) is 6.92 Å². The molecule has 0 aliphatic carbocycles. The van der Waals surface area contributed by atoms with Gasteiger partial charge in [-0.05, 0) is 43.3 Å². The van der Waals surface area contributed by atoms with E-state index in [0.29, 0.717) is 23.8 Å². The van der Waals surface area contributed by atoms with Crippen molar-refractivity contribution in [3.05, 3.63) is 72.1 Å². The summed E-state index contributed by atoms with van der Waals surface area (Å²) in [4.78, 5) is 19.7. The maximum Gasteiger partial charge on any atom is 0.260 e. The lowest BCUT2D eigenvalue weighted by Gasteiger charge is -2.20. The van der Waals surface area contributed by atoms with Gasteiger partial charge in [-0.25, -0.2) is 4.98 Å². The first-order valence-corrected chi connectivity index (χ1v) is 9.76. The van der Waals surface area contributed by atoms with Crippen LogP contribution in [-0.4, -0.2) is 34.3 Å². The summed E-state index contributed by atoms with van der Waals surface area (Å²) in [7, 11) is 1.64. The third-order valence-electron chi connectivity index (χ3n) is 4.47. The summed E-state index contributed by atoms with van der Waals surface area (Å²) < 4.78 is 8.10. The second kappa shape index (κ2) is 7.82. The summed E-state index contributed by atoms with van der Waals surface area (Å²) in [5.41, 5.74) is 2.61. The van der Waals surface area contributed by atoms with E-state index in [9.17, 15) is 4.79 Å². The molecule has 0 saturated heterocycles. The summed E-state index contributed by atoms with van der Waals surface area (Å²) in [5, 5.41) is 4.90. The van der Waals surface area contributed by atoms with Crippen molar-refractivity contribution in [3.63, 3.8) is 0 Å². The first-order valence-electron chi connectivity index (χ1n) is 8.94. The van der Waals surface area contributed by atoms with Crippen LogP contribution in [0.5, 0.6) is 5.75 Å². The number of rotatable bonds is 6. The zero-order chi connectivity index (χ0) is 19.5. The number of fused-ring (bicyclic) bond motifs is 1. The van der Waals surface area contributed by atoms with Gasteiger partial charge in [0.15, 0.2) is 5.13 Å². The fourth-order valence-corrected chi connectivity index (χ4v) is 3.92. The van der Waals surface area contributed by atoms with Crippen molar-refractivity contribution in [1.29, 1.82) is 0 Å². The molecule has 6 nitrogen and oxygen atoms in total. The number of benzene rings is 2. The van der Waals surface area contributed by atoms with E-state index in [4.69, 9.17) is 9.72 Å².